The number of rotatable bonds is 1. The maximum Gasteiger partial charge on any atom is 0.0644 e. The van der Waals surface area contributed by atoms with Gasteiger partial charge in [0.2, 0.25) is 0 Å². The molecule has 0 saturated heterocycles. The van der Waals surface area contributed by atoms with Gasteiger partial charge in [-0.15, -0.1) is 0 Å². The number of allylic oxidation sites excluding steroid dienone is 1. The van der Waals surface area contributed by atoms with Gasteiger partial charge in [0.1, 0.15) is 0 Å². The molecule has 0 aromatic rings. The summed E-state index contributed by atoms with van der Waals surface area (Å²) in [6.07, 6.45) is 4.75. The zero-order valence-corrected chi connectivity index (χ0v) is 7.30. The molecule has 3 aliphatic carbocycles. The van der Waals surface area contributed by atoms with Crippen LogP contribution in [-0.2, 0) is 0 Å². The molecule has 2 bridgehead atoms. The molecular formula is C10H16O. The maximum absolute atomic E-state index is 9.05. The van der Waals surface area contributed by atoms with E-state index in [-0.39, 0.29) is 6.61 Å². The van der Waals surface area contributed by atoms with Crippen LogP contribution < -0.4 is 0 Å². The van der Waals surface area contributed by atoms with E-state index in [1.165, 1.54) is 18.4 Å². The van der Waals surface area contributed by atoms with Crippen molar-refractivity contribution in [3.63, 3.8) is 0 Å². The van der Waals surface area contributed by atoms with Gasteiger partial charge >= 0.3 is 0 Å². The fourth-order valence-electron chi connectivity index (χ4n) is 2.66. The molecule has 0 aliphatic heterocycles. The van der Waals surface area contributed by atoms with Gasteiger partial charge in [0.25, 0.3) is 0 Å². The number of fused-ring (bicyclic) bond motifs is 1. The van der Waals surface area contributed by atoms with Crippen LogP contribution in [0.1, 0.15) is 26.7 Å². The first-order valence-corrected chi connectivity index (χ1v) is 4.46. The van der Waals surface area contributed by atoms with Gasteiger partial charge in [0.05, 0.1) is 6.61 Å². The van der Waals surface area contributed by atoms with E-state index in [1.807, 2.05) is 0 Å². The van der Waals surface area contributed by atoms with Crippen LogP contribution in [0.15, 0.2) is 11.6 Å². The van der Waals surface area contributed by atoms with Crippen molar-refractivity contribution < 1.29 is 5.11 Å². The van der Waals surface area contributed by atoms with Crippen molar-refractivity contribution in [1.82, 2.24) is 0 Å². The van der Waals surface area contributed by atoms with Crippen LogP contribution in [0, 0.1) is 17.3 Å². The minimum atomic E-state index is 0.279. The lowest BCUT2D eigenvalue weighted by atomic mass is 9.49. The van der Waals surface area contributed by atoms with Gasteiger partial charge < -0.3 is 5.11 Å². The van der Waals surface area contributed by atoms with Gasteiger partial charge in [-0.1, -0.05) is 19.9 Å². The topological polar surface area (TPSA) is 20.2 Å². The SMILES string of the molecule is CC1(C)C2CC=C(CO)C1C2. The number of hydrogen-bond acceptors (Lipinski definition) is 1. The number of aliphatic hydroxyl groups excluding tert-OH is 1. The second-order valence-electron chi connectivity index (χ2n) is 4.48. The fourth-order valence-corrected chi connectivity index (χ4v) is 2.66. The summed E-state index contributed by atoms with van der Waals surface area (Å²) in [4.78, 5) is 0. The van der Waals surface area contributed by atoms with Crippen LogP contribution in [0.25, 0.3) is 0 Å². The molecule has 0 aromatic heterocycles. The van der Waals surface area contributed by atoms with Crippen LogP contribution >= 0.6 is 0 Å². The molecule has 2 unspecified atom stereocenters. The molecule has 0 spiro atoms. The molecule has 1 heteroatoms. The summed E-state index contributed by atoms with van der Waals surface area (Å²) in [5, 5.41) is 9.05. The van der Waals surface area contributed by atoms with Crippen LogP contribution in [-0.4, -0.2) is 11.7 Å². The average Bonchev–Trinajstić information content (AvgIpc) is 2.04. The normalized spacial score (nSPS) is 39.4. The minimum absolute atomic E-state index is 0.279. The molecule has 1 nitrogen and oxygen atoms in total. The highest BCUT2D eigenvalue weighted by molar-refractivity contribution is 5.23. The first-order valence-electron chi connectivity index (χ1n) is 4.46. The molecule has 62 valence electrons. The van der Waals surface area contributed by atoms with E-state index in [1.54, 1.807) is 0 Å². The zero-order chi connectivity index (χ0) is 8.06. The van der Waals surface area contributed by atoms with E-state index in [4.69, 9.17) is 5.11 Å². The highest BCUT2D eigenvalue weighted by Crippen LogP contribution is 2.58. The lowest BCUT2D eigenvalue weighted by Gasteiger charge is -2.56. The molecule has 3 rings (SSSR count). The first-order chi connectivity index (χ1) is 5.16. The fraction of sp³-hybridized carbons (Fsp3) is 0.800. The lowest BCUT2D eigenvalue weighted by Crippen LogP contribution is -2.48. The summed E-state index contributed by atoms with van der Waals surface area (Å²) in [6, 6.07) is 0. The van der Waals surface area contributed by atoms with Crippen LogP contribution in [0.4, 0.5) is 0 Å². The summed E-state index contributed by atoms with van der Waals surface area (Å²) in [5.74, 6) is 1.58. The molecule has 0 radical (unpaired) electrons. The van der Waals surface area contributed by atoms with Gasteiger partial charge in [-0.2, -0.15) is 0 Å². The molecule has 0 amide bonds. The largest absolute Gasteiger partial charge is 0.392 e. The molecular weight excluding hydrogens is 136 g/mol. The molecule has 0 aromatic carbocycles. The van der Waals surface area contributed by atoms with Crippen LogP contribution in [0.3, 0.4) is 0 Å². The summed E-state index contributed by atoms with van der Waals surface area (Å²) >= 11 is 0. The van der Waals surface area contributed by atoms with E-state index in [0.717, 1.165) is 5.92 Å². The molecule has 11 heavy (non-hydrogen) atoms. The van der Waals surface area contributed by atoms with Gasteiger partial charge in [-0.25, -0.2) is 0 Å². The minimum Gasteiger partial charge on any atom is -0.392 e. The molecule has 1 fully saturated rings. The number of hydrogen-bond donors (Lipinski definition) is 1. The Kier molecular flexibility index (Phi) is 1.40. The third-order valence-corrected chi connectivity index (χ3v) is 3.77. The second-order valence-corrected chi connectivity index (χ2v) is 4.48. The Morgan fingerprint density at radius 2 is 2.36 bits per heavy atom. The molecule has 0 heterocycles. The standard InChI is InChI=1S/C10H16O/c1-10(2)8-4-3-7(6-11)9(10)5-8/h3,8-9,11H,4-6H2,1-2H3. The van der Waals surface area contributed by atoms with Crippen molar-refractivity contribution in [3.05, 3.63) is 11.6 Å². The third kappa shape index (κ3) is 0.807. The zero-order valence-electron chi connectivity index (χ0n) is 7.30. The van der Waals surface area contributed by atoms with Crippen molar-refractivity contribution in [3.8, 4) is 0 Å². The Balaban J connectivity index is 2.23. The molecule has 1 saturated carbocycles. The van der Waals surface area contributed by atoms with Crippen molar-refractivity contribution >= 4 is 0 Å². The average molecular weight is 152 g/mol. The second kappa shape index (κ2) is 2.10. The van der Waals surface area contributed by atoms with Gasteiger partial charge in [-0.3, -0.25) is 0 Å². The maximum atomic E-state index is 9.05. The Labute approximate surface area is 68.1 Å². The molecule has 3 aliphatic rings. The van der Waals surface area contributed by atoms with Crippen molar-refractivity contribution in [2.24, 2.45) is 17.3 Å². The Morgan fingerprint density at radius 1 is 1.64 bits per heavy atom. The van der Waals surface area contributed by atoms with Crippen molar-refractivity contribution in [1.29, 1.82) is 0 Å². The molecule has 2 atom stereocenters. The van der Waals surface area contributed by atoms with Gasteiger partial charge in [0.15, 0.2) is 0 Å². The lowest BCUT2D eigenvalue weighted by molar-refractivity contribution is -0.0125. The van der Waals surface area contributed by atoms with Crippen LogP contribution in [0.5, 0.6) is 0 Å². The first kappa shape index (κ1) is 7.35. The van der Waals surface area contributed by atoms with Gasteiger partial charge in [-0.05, 0) is 35.7 Å². The van der Waals surface area contributed by atoms with E-state index in [9.17, 15) is 0 Å². The van der Waals surface area contributed by atoms with E-state index >= 15 is 0 Å². The van der Waals surface area contributed by atoms with Crippen molar-refractivity contribution in [2.45, 2.75) is 26.7 Å². The Hall–Kier alpha value is -0.300. The summed E-state index contributed by atoms with van der Waals surface area (Å²) < 4.78 is 0. The Bertz CT molecular complexity index is 203. The summed E-state index contributed by atoms with van der Waals surface area (Å²) in [5.41, 5.74) is 1.77. The van der Waals surface area contributed by atoms with Crippen molar-refractivity contribution in [2.75, 3.05) is 6.61 Å². The van der Waals surface area contributed by atoms with E-state index in [2.05, 4.69) is 19.9 Å². The predicted octanol–water partition coefficient (Wildman–Crippen LogP) is 1.97. The Morgan fingerprint density at radius 3 is 2.73 bits per heavy atom. The third-order valence-electron chi connectivity index (χ3n) is 3.77. The summed E-state index contributed by atoms with van der Waals surface area (Å²) in [7, 11) is 0. The highest BCUT2D eigenvalue weighted by Gasteiger charge is 2.50. The van der Waals surface area contributed by atoms with Crippen LogP contribution in [0.2, 0.25) is 0 Å². The highest BCUT2D eigenvalue weighted by atomic mass is 16.3. The summed E-state index contributed by atoms with van der Waals surface area (Å²) in [6.45, 7) is 4.93. The predicted molar refractivity (Wildman–Crippen MR) is 45.2 cm³/mol. The number of aliphatic hydroxyl groups is 1. The van der Waals surface area contributed by atoms with E-state index in [0.29, 0.717) is 11.3 Å². The smallest absolute Gasteiger partial charge is 0.0644 e. The molecule has 1 N–H and O–H groups in total. The monoisotopic (exact) mass is 152 g/mol. The quantitative estimate of drug-likeness (QED) is 0.569. The van der Waals surface area contributed by atoms with E-state index < -0.39 is 0 Å². The van der Waals surface area contributed by atoms with Gasteiger partial charge in [0, 0.05) is 0 Å².